The number of hydrogen-bond acceptors (Lipinski definition) is 2. The fourth-order valence-electron chi connectivity index (χ4n) is 2.63. The summed E-state index contributed by atoms with van der Waals surface area (Å²) in [4.78, 5) is 11.8. The molecule has 1 heterocycles. The predicted octanol–water partition coefficient (Wildman–Crippen LogP) is 5.42. The number of esters is 1. The zero-order valence-electron chi connectivity index (χ0n) is 13.2. The molecule has 2 heteroatoms. The Bertz CT molecular complexity index is 271. The summed E-state index contributed by atoms with van der Waals surface area (Å²) < 4.78 is 5.35. The zero-order valence-corrected chi connectivity index (χ0v) is 13.2. The summed E-state index contributed by atoms with van der Waals surface area (Å²) in [7, 11) is 0. The highest BCUT2D eigenvalue weighted by Crippen LogP contribution is 2.14. The van der Waals surface area contributed by atoms with Gasteiger partial charge in [0.05, 0.1) is 12.5 Å². The second-order valence-corrected chi connectivity index (χ2v) is 6.09. The van der Waals surface area contributed by atoms with Crippen LogP contribution in [0.2, 0.25) is 0 Å². The van der Waals surface area contributed by atoms with Gasteiger partial charge in [0.15, 0.2) is 0 Å². The maximum atomic E-state index is 11.8. The molecule has 1 rings (SSSR count). The highest BCUT2D eigenvalue weighted by atomic mass is 16.5. The van der Waals surface area contributed by atoms with Gasteiger partial charge in [0.1, 0.15) is 0 Å². The number of rotatable bonds is 0. The Morgan fingerprint density at radius 1 is 0.850 bits per heavy atom. The molecular weight excluding hydrogens is 248 g/mol. The fourth-order valence-corrected chi connectivity index (χ4v) is 2.63. The average molecular weight is 280 g/mol. The third-order valence-electron chi connectivity index (χ3n) is 4.09. The molecule has 0 bridgehead atoms. The molecule has 0 aromatic carbocycles. The van der Waals surface area contributed by atoms with Crippen LogP contribution in [0.3, 0.4) is 0 Å². The lowest BCUT2D eigenvalue weighted by Crippen LogP contribution is -2.15. The van der Waals surface area contributed by atoms with Crippen LogP contribution in [0.5, 0.6) is 0 Å². The van der Waals surface area contributed by atoms with Crippen molar-refractivity contribution in [3.63, 3.8) is 0 Å². The normalized spacial score (nSPS) is 25.4. The molecular formula is C18H32O2. The van der Waals surface area contributed by atoms with E-state index in [1.807, 2.05) is 6.92 Å². The molecule has 0 aromatic heterocycles. The van der Waals surface area contributed by atoms with Crippen molar-refractivity contribution < 1.29 is 9.53 Å². The van der Waals surface area contributed by atoms with Gasteiger partial charge in [-0.05, 0) is 38.5 Å². The molecule has 20 heavy (non-hydrogen) atoms. The van der Waals surface area contributed by atoms with E-state index in [0.717, 1.165) is 19.3 Å². The van der Waals surface area contributed by atoms with Crippen LogP contribution >= 0.6 is 0 Å². The molecule has 0 radical (unpaired) electrons. The van der Waals surface area contributed by atoms with Gasteiger partial charge in [-0.25, -0.2) is 0 Å². The molecule has 0 spiro atoms. The Morgan fingerprint density at radius 3 is 2.10 bits per heavy atom. The van der Waals surface area contributed by atoms with Crippen molar-refractivity contribution in [2.24, 2.45) is 5.92 Å². The first-order chi connectivity index (χ1) is 9.80. The van der Waals surface area contributed by atoms with Crippen molar-refractivity contribution in [1.29, 1.82) is 0 Å². The van der Waals surface area contributed by atoms with Gasteiger partial charge < -0.3 is 4.74 Å². The molecule has 0 fully saturated rings. The number of ether oxygens (including phenoxy) is 1. The number of carbonyl (C=O) groups is 1. The highest BCUT2D eigenvalue weighted by Gasteiger charge is 2.13. The SMILES string of the molecule is CC1CCCCCCC=CCCCCCCCOC1=O. The third kappa shape index (κ3) is 9.17. The van der Waals surface area contributed by atoms with Crippen molar-refractivity contribution in [2.75, 3.05) is 6.61 Å². The number of hydrogen-bond donors (Lipinski definition) is 0. The summed E-state index contributed by atoms with van der Waals surface area (Å²) >= 11 is 0. The van der Waals surface area contributed by atoms with Gasteiger partial charge in [0.2, 0.25) is 0 Å². The molecule has 2 nitrogen and oxygen atoms in total. The summed E-state index contributed by atoms with van der Waals surface area (Å²) in [5.74, 6) is 0.0860. The number of allylic oxidation sites excluding steroid dienone is 2. The Morgan fingerprint density at radius 2 is 1.40 bits per heavy atom. The Kier molecular flexibility index (Phi) is 10.3. The lowest BCUT2D eigenvalue weighted by atomic mass is 10.0. The van der Waals surface area contributed by atoms with E-state index in [0.29, 0.717) is 6.61 Å². The van der Waals surface area contributed by atoms with Crippen molar-refractivity contribution in [3.05, 3.63) is 12.2 Å². The van der Waals surface area contributed by atoms with Gasteiger partial charge in [-0.1, -0.05) is 57.6 Å². The van der Waals surface area contributed by atoms with Gasteiger partial charge in [0, 0.05) is 0 Å². The molecule has 1 unspecified atom stereocenters. The second-order valence-electron chi connectivity index (χ2n) is 6.09. The molecule has 0 amide bonds. The molecule has 0 saturated carbocycles. The molecule has 116 valence electrons. The Balaban J connectivity index is 2.25. The minimum absolute atomic E-state index is 0.00838. The minimum atomic E-state index is 0.00838. The first kappa shape index (κ1) is 17.3. The van der Waals surface area contributed by atoms with Gasteiger partial charge >= 0.3 is 5.97 Å². The first-order valence-corrected chi connectivity index (χ1v) is 8.62. The van der Waals surface area contributed by atoms with Crippen LogP contribution in [0.25, 0.3) is 0 Å². The monoisotopic (exact) mass is 280 g/mol. The van der Waals surface area contributed by atoms with Crippen molar-refractivity contribution in [1.82, 2.24) is 0 Å². The number of cyclic esters (lactones) is 1. The van der Waals surface area contributed by atoms with E-state index < -0.39 is 0 Å². The van der Waals surface area contributed by atoms with E-state index in [2.05, 4.69) is 12.2 Å². The second kappa shape index (κ2) is 12.0. The average Bonchev–Trinajstić information content (AvgIpc) is 2.45. The molecule has 1 atom stereocenters. The topological polar surface area (TPSA) is 26.3 Å². The van der Waals surface area contributed by atoms with Gasteiger partial charge in [0.25, 0.3) is 0 Å². The first-order valence-electron chi connectivity index (χ1n) is 8.62. The molecule has 0 N–H and O–H groups in total. The van der Waals surface area contributed by atoms with E-state index in [4.69, 9.17) is 4.74 Å². The summed E-state index contributed by atoms with van der Waals surface area (Å²) in [5.41, 5.74) is 0. The smallest absolute Gasteiger partial charge is 0.308 e. The summed E-state index contributed by atoms with van der Waals surface area (Å²) in [6, 6.07) is 0. The molecule has 1 aliphatic rings. The Labute approximate surface area is 125 Å². The van der Waals surface area contributed by atoms with Crippen LogP contribution in [-0.4, -0.2) is 12.6 Å². The van der Waals surface area contributed by atoms with Crippen LogP contribution in [-0.2, 0) is 9.53 Å². The maximum absolute atomic E-state index is 11.8. The van der Waals surface area contributed by atoms with E-state index in [1.165, 1.54) is 57.8 Å². The lowest BCUT2D eigenvalue weighted by Gasteiger charge is -2.11. The van der Waals surface area contributed by atoms with Gasteiger partial charge in [-0.3, -0.25) is 4.79 Å². The van der Waals surface area contributed by atoms with Crippen molar-refractivity contribution >= 4 is 5.97 Å². The molecule has 0 saturated heterocycles. The third-order valence-corrected chi connectivity index (χ3v) is 4.09. The predicted molar refractivity (Wildman–Crippen MR) is 84.7 cm³/mol. The molecule has 0 aromatic rings. The fraction of sp³-hybridized carbons (Fsp3) is 0.833. The summed E-state index contributed by atoms with van der Waals surface area (Å²) in [6.07, 6.45) is 19.2. The van der Waals surface area contributed by atoms with Crippen LogP contribution in [0, 0.1) is 5.92 Å². The summed E-state index contributed by atoms with van der Waals surface area (Å²) in [6.45, 7) is 2.62. The van der Waals surface area contributed by atoms with Crippen molar-refractivity contribution in [2.45, 2.75) is 84.0 Å². The van der Waals surface area contributed by atoms with Crippen LogP contribution in [0.1, 0.15) is 84.0 Å². The van der Waals surface area contributed by atoms with Gasteiger partial charge in [-0.15, -0.1) is 0 Å². The van der Waals surface area contributed by atoms with Crippen LogP contribution < -0.4 is 0 Å². The standard InChI is InChI=1S/C18H32O2/c1-17-15-13-11-9-7-5-3-2-4-6-8-10-12-14-16-20-18(17)19/h2-3,17H,4-16H2,1H3. The summed E-state index contributed by atoms with van der Waals surface area (Å²) in [5, 5.41) is 0. The Hall–Kier alpha value is -0.790. The maximum Gasteiger partial charge on any atom is 0.308 e. The largest absolute Gasteiger partial charge is 0.465 e. The van der Waals surface area contributed by atoms with E-state index in [9.17, 15) is 4.79 Å². The van der Waals surface area contributed by atoms with Crippen molar-refractivity contribution in [3.8, 4) is 0 Å². The lowest BCUT2D eigenvalue weighted by molar-refractivity contribution is -0.148. The quantitative estimate of drug-likeness (QED) is 0.437. The minimum Gasteiger partial charge on any atom is -0.465 e. The number of carbonyl (C=O) groups excluding carboxylic acids is 1. The van der Waals surface area contributed by atoms with E-state index in [-0.39, 0.29) is 11.9 Å². The van der Waals surface area contributed by atoms with Crippen LogP contribution in [0.4, 0.5) is 0 Å². The zero-order chi connectivity index (χ0) is 14.5. The van der Waals surface area contributed by atoms with Crippen LogP contribution in [0.15, 0.2) is 12.2 Å². The van der Waals surface area contributed by atoms with E-state index >= 15 is 0 Å². The molecule has 0 aliphatic carbocycles. The highest BCUT2D eigenvalue weighted by molar-refractivity contribution is 5.71. The van der Waals surface area contributed by atoms with Gasteiger partial charge in [-0.2, -0.15) is 0 Å². The van der Waals surface area contributed by atoms with E-state index in [1.54, 1.807) is 0 Å². The molecule has 1 aliphatic heterocycles.